The van der Waals surface area contributed by atoms with Crippen LogP contribution < -0.4 is 5.56 Å². The number of esters is 1. The van der Waals surface area contributed by atoms with E-state index in [0.717, 1.165) is 6.07 Å². The van der Waals surface area contributed by atoms with E-state index in [-0.39, 0.29) is 16.7 Å². The zero-order valence-electron chi connectivity index (χ0n) is 11.9. The predicted octanol–water partition coefficient (Wildman–Crippen LogP) is 2.65. The lowest BCUT2D eigenvalue weighted by Gasteiger charge is -2.05. The van der Waals surface area contributed by atoms with E-state index in [1.807, 2.05) is 0 Å². The van der Waals surface area contributed by atoms with Crippen molar-refractivity contribution in [3.8, 4) is 11.4 Å². The number of ether oxygens (including phenoxy) is 1. The second kappa shape index (κ2) is 5.60. The Labute approximate surface area is 128 Å². The molecule has 0 aliphatic rings. The largest absolute Gasteiger partial charge is 0.465 e. The van der Waals surface area contributed by atoms with Crippen molar-refractivity contribution in [2.24, 2.45) is 0 Å². The van der Waals surface area contributed by atoms with Crippen molar-refractivity contribution in [3.63, 3.8) is 0 Å². The van der Waals surface area contributed by atoms with Crippen molar-refractivity contribution in [1.29, 1.82) is 0 Å². The molecule has 0 spiro atoms. The van der Waals surface area contributed by atoms with Crippen molar-refractivity contribution >= 4 is 16.9 Å². The summed E-state index contributed by atoms with van der Waals surface area (Å²) in [5.41, 5.74) is -0.0735. The Hall–Kier alpha value is -3.09. The van der Waals surface area contributed by atoms with Crippen molar-refractivity contribution in [1.82, 2.24) is 9.97 Å². The molecule has 2 aromatic carbocycles. The average molecular weight is 316 g/mol. The molecule has 0 amide bonds. The highest BCUT2D eigenvalue weighted by atomic mass is 19.1. The minimum absolute atomic E-state index is 0.115. The standard InChI is InChI=1S/C16H10F2N2O3/c1-23-16(22)9-4-2-8(3-5-9)14-19-13-11(15(21)20-14)6-10(17)7-12(13)18/h2-7H,1H3,(H,19,20,21). The summed E-state index contributed by atoms with van der Waals surface area (Å²) in [4.78, 5) is 29.9. The van der Waals surface area contributed by atoms with Crippen molar-refractivity contribution in [2.75, 3.05) is 7.11 Å². The molecule has 5 nitrogen and oxygen atoms in total. The second-order valence-corrected chi connectivity index (χ2v) is 4.77. The fourth-order valence-electron chi connectivity index (χ4n) is 2.19. The van der Waals surface area contributed by atoms with Crippen molar-refractivity contribution in [2.45, 2.75) is 0 Å². The van der Waals surface area contributed by atoms with E-state index in [1.165, 1.54) is 31.4 Å². The van der Waals surface area contributed by atoms with Gasteiger partial charge in [0.1, 0.15) is 17.2 Å². The van der Waals surface area contributed by atoms with Gasteiger partial charge in [0.15, 0.2) is 5.82 Å². The van der Waals surface area contributed by atoms with Gasteiger partial charge in [0.2, 0.25) is 0 Å². The average Bonchev–Trinajstić information content (AvgIpc) is 2.55. The minimum Gasteiger partial charge on any atom is -0.465 e. The molecule has 0 bridgehead atoms. The summed E-state index contributed by atoms with van der Waals surface area (Å²) >= 11 is 0. The first kappa shape index (κ1) is 14.8. The number of hydrogen-bond donors (Lipinski definition) is 1. The molecule has 0 fully saturated rings. The van der Waals surface area contributed by atoms with Gasteiger partial charge in [0.05, 0.1) is 18.1 Å². The molecule has 23 heavy (non-hydrogen) atoms. The highest BCUT2D eigenvalue weighted by molar-refractivity contribution is 5.90. The van der Waals surface area contributed by atoms with E-state index < -0.39 is 23.2 Å². The van der Waals surface area contributed by atoms with Crippen LogP contribution in [0.2, 0.25) is 0 Å². The summed E-state index contributed by atoms with van der Waals surface area (Å²) in [5, 5.41) is -0.169. The molecule has 0 unspecified atom stereocenters. The zero-order valence-corrected chi connectivity index (χ0v) is 11.9. The van der Waals surface area contributed by atoms with Gasteiger partial charge in [-0.1, -0.05) is 12.1 Å². The van der Waals surface area contributed by atoms with E-state index in [9.17, 15) is 18.4 Å². The maximum Gasteiger partial charge on any atom is 0.337 e. The molecule has 0 atom stereocenters. The topological polar surface area (TPSA) is 72.0 Å². The smallest absolute Gasteiger partial charge is 0.337 e. The van der Waals surface area contributed by atoms with Crippen molar-refractivity contribution in [3.05, 3.63) is 63.9 Å². The molecular weight excluding hydrogens is 306 g/mol. The Morgan fingerprint density at radius 2 is 1.87 bits per heavy atom. The van der Waals surface area contributed by atoms with Gasteiger partial charge in [-0.25, -0.2) is 18.6 Å². The van der Waals surface area contributed by atoms with Crippen LogP contribution in [-0.2, 0) is 4.74 Å². The first-order valence-corrected chi connectivity index (χ1v) is 6.57. The Bertz CT molecular complexity index is 965. The number of halogens is 2. The maximum atomic E-state index is 13.8. The van der Waals surface area contributed by atoms with Gasteiger partial charge in [-0.15, -0.1) is 0 Å². The number of carbonyl (C=O) groups is 1. The van der Waals surface area contributed by atoms with E-state index in [0.29, 0.717) is 17.2 Å². The predicted molar refractivity (Wildman–Crippen MR) is 79.1 cm³/mol. The second-order valence-electron chi connectivity index (χ2n) is 4.77. The molecule has 3 aromatic rings. The van der Waals surface area contributed by atoms with Crippen LogP contribution in [0.1, 0.15) is 10.4 Å². The third-order valence-corrected chi connectivity index (χ3v) is 3.31. The van der Waals surface area contributed by atoms with Crippen LogP contribution in [0.4, 0.5) is 8.78 Å². The van der Waals surface area contributed by atoms with Crippen molar-refractivity contribution < 1.29 is 18.3 Å². The molecule has 116 valence electrons. The monoisotopic (exact) mass is 316 g/mol. The number of benzene rings is 2. The van der Waals surface area contributed by atoms with Crippen LogP contribution in [0, 0.1) is 11.6 Å². The number of H-pyrrole nitrogens is 1. The molecular formula is C16H10F2N2O3. The summed E-state index contributed by atoms with van der Waals surface area (Å²) in [6.07, 6.45) is 0. The van der Waals surface area contributed by atoms with Gasteiger partial charge in [-0.05, 0) is 18.2 Å². The third kappa shape index (κ3) is 2.68. The Kier molecular flexibility index (Phi) is 3.61. The summed E-state index contributed by atoms with van der Waals surface area (Å²) in [6, 6.07) is 7.65. The summed E-state index contributed by atoms with van der Waals surface area (Å²) < 4.78 is 31.6. The maximum absolute atomic E-state index is 13.8. The lowest BCUT2D eigenvalue weighted by Crippen LogP contribution is -2.11. The number of aromatic nitrogens is 2. The lowest BCUT2D eigenvalue weighted by molar-refractivity contribution is 0.0601. The van der Waals surface area contributed by atoms with Gasteiger partial charge < -0.3 is 9.72 Å². The molecule has 7 heteroatoms. The number of nitrogens with zero attached hydrogens (tertiary/aromatic N) is 1. The van der Waals surface area contributed by atoms with E-state index in [1.54, 1.807) is 0 Å². The number of hydrogen-bond acceptors (Lipinski definition) is 4. The highest BCUT2D eigenvalue weighted by Gasteiger charge is 2.12. The van der Waals surface area contributed by atoms with Gasteiger partial charge >= 0.3 is 5.97 Å². The molecule has 0 saturated carbocycles. The normalized spacial score (nSPS) is 10.7. The Morgan fingerprint density at radius 1 is 1.17 bits per heavy atom. The molecule has 0 radical (unpaired) electrons. The van der Waals surface area contributed by atoms with Gasteiger partial charge in [0, 0.05) is 11.6 Å². The number of aromatic amines is 1. The molecule has 0 saturated heterocycles. The Morgan fingerprint density at radius 3 is 2.52 bits per heavy atom. The van der Waals surface area contributed by atoms with E-state index in [4.69, 9.17) is 0 Å². The first-order chi connectivity index (χ1) is 11.0. The molecule has 3 rings (SSSR count). The summed E-state index contributed by atoms with van der Waals surface area (Å²) in [7, 11) is 1.26. The quantitative estimate of drug-likeness (QED) is 0.738. The third-order valence-electron chi connectivity index (χ3n) is 3.31. The van der Waals surface area contributed by atoms with Gasteiger partial charge in [0.25, 0.3) is 5.56 Å². The van der Waals surface area contributed by atoms with Crippen LogP contribution in [0.15, 0.2) is 41.2 Å². The fourth-order valence-corrected chi connectivity index (χ4v) is 2.19. The first-order valence-electron chi connectivity index (χ1n) is 6.57. The Balaban J connectivity index is 2.14. The number of rotatable bonds is 2. The molecule has 0 aliphatic heterocycles. The molecule has 0 aliphatic carbocycles. The summed E-state index contributed by atoms with van der Waals surface area (Å²) in [6.45, 7) is 0. The molecule has 1 heterocycles. The summed E-state index contributed by atoms with van der Waals surface area (Å²) in [5.74, 6) is -2.15. The van der Waals surface area contributed by atoms with Crippen LogP contribution in [0.3, 0.4) is 0 Å². The molecule has 1 aromatic heterocycles. The van der Waals surface area contributed by atoms with E-state index >= 15 is 0 Å². The highest BCUT2D eigenvalue weighted by Crippen LogP contribution is 2.20. The lowest BCUT2D eigenvalue weighted by atomic mass is 10.1. The van der Waals surface area contributed by atoms with E-state index in [2.05, 4.69) is 14.7 Å². The van der Waals surface area contributed by atoms with Crippen LogP contribution in [0.5, 0.6) is 0 Å². The van der Waals surface area contributed by atoms with Crippen LogP contribution in [0.25, 0.3) is 22.3 Å². The fraction of sp³-hybridized carbons (Fsp3) is 0.0625. The van der Waals surface area contributed by atoms with Gasteiger partial charge in [-0.3, -0.25) is 4.79 Å². The van der Waals surface area contributed by atoms with Crippen LogP contribution >= 0.6 is 0 Å². The van der Waals surface area contributed by atoms with Crippen LogP contribution in [-0.4, -0.2) is 23.0 Å². The molecule has 1 N–H and O–H groups in total. The zero-order chi connectivity index (χ0) is 16.6. The van der Waals surface area contributed by atoms with Gasteiger partial charge in [-0.2, -0.15) is 0 Å². The number of methoxy groups -OCH3 is 1. The minimum atomic E-state index is -0.918. The number of fused-ring (bicyclic) bond motifs is 1. The number of carbonyl (C=O) groups excluding carboxylic acids is 1. The number of nitrogens with one attached hydrogen (secondary N) is 1. The SMILES string of the molecule is COC(=O)c1ccc(-c2nc3c(F)cc(F)cc3c(=O)[nH]2)cc1.